The van der Waals surface area contributed by atoms with Crippen molar-refractivity contribution < 1.29 is 40.6 Å². The number of aromatic nitrogens is 1. The Kier molecular flexibility index (Phi) is 8.58. The highest BCUT2D eigenvalue weighted by molar-refractivity contribution is 6.03. The molecule has 1 amide bonds. The van der Waals surface area contributed by atoms with Crippen LogP contribution in [0.2, 0.25) is 0 Å². The zero-order chi connectivity index (χ0) is 33.0. The van der Waals surface area contributed by atoms with E-state index in [-0.39, 0.29) is 17.8 Å². The van der Waals surface area contributed by atoms with Gasteiger partial charge in [-0.05, 0) is 101 Å². The third kappa shape index (κ3) is 6.55. The van der Waals surface area contributed by atoms with Gasteiger partial charge in [-0.25, -0.2) is 9.37 Å². The van der Waals surface area contributed by atoms with Crippen molar-refractivity contribution in [2.75, 3.05) is 23.4 Å². The smallest absolute Gasteiger partial charge is 0.388 e. The lowest BCUT2D eigenvalue weighted by atomic mass is 9.81. The fraction of sp³-hybridized carbons (Fsp3) is 0.438. The van der Waals surface area contributed by atoms with E-state index in [1.807, 2.05) is 4.90 Å². The lowest BCUT2D eigenvalue weighted by Crippen LogP contribution is -2.46. The Morgan fingerprint density at radius 1 is 0.909 bits per heavy atom. The molecule has 1 fully saturated rings. The summed E-state index contributed by atoms with van der Waals surface area (Å²) in [5, 5.41) is 10.8. The minimum absolute atomic E-state index is 0.0190. The highest BCUT2D eigenvalue weighted by atomic mass is 19.4. The van der Waals surface area contributed by atoms with Crippen LogP contribution in [-0.4, -0.2) is 41.2 Å². The van der Waals surface area contributed by atoms with Gasteiger partial charge in [0.2, 0.25) is 5.91 Å². The predicted molar refractivity (Wildman–Crippen MR) is 154 cm³/mol. The van der Waals surface area contributed by atoms with Gasteiger partial charge in [0.25, 0.3) is 0 Å². The molecular weight excluding hydrogens is 591 g/mol. The second-order valence-corrected chi connectivity index (χ2v) is 12.3. The monoisotopic (exact) mass is 625 g/mol. The van der Waals surface area contributed by atoms with Crippen LogP contribution in [0.15, 0.2) is 48.7 Å². The van der Waals surface area contributed by atoms with E-state index in [4.69, 9.17) is 0 Å². The number of carbonyl (C=O) groups excluding carboxylic acids is 1. The van der Waals surface area contributed by atoms with Crippen molar-refractivity contribution in [1.29, 1.82) is 0 Å². The Morgan fingerprint density at radius 3 is 2.00 bits per heavy atom. The van der Waals surface area contributed by atoms with Gasteiger partial charge in [0.05, 0.1) is 40.1 Å². The van der Waals surface area contributed by atoms with E-state index in [0.717, 1.165) is 11.3 Å². The first-order valence-electron chi connectivity index (χ1n) is 14.0. The Morgan fingerprint density at radius 2 is 1.48 bits per heavy atom. The second-order valence-electron chi connectivity index (χ2n) is 12.3. The number of hydrogen-bond donors (Lipinski definition) is 1. The zero-order valence-electron chi connectivity index (χ0n) is 25.2. The molecule has 1 aliphatic rings. The topological polar surface area (TPSA) is 56.7 Å². The molecule has 1 aliphatic heterocycles. The summed E-state index contributed by atoms with van der Waals surface area (Å²) in [7, 11) is 1.36. The van der Waals surface area contributed by atoms with E-state index >= 15 is 0 Å². The Balaban J connectivity index is 1.85. The van der Waals surface area contributed by atoms with Gasteiger partial charge < -0.3 is 14.9 Å². The number of likely N-dealkylation sites (N-methyl/N-ethyl adjacent to an activating group) is 1. The molecule has 1 saturated heterocycles. The first-order chi connectivity index (χ1) is 20.1. The van der Waals surface area contributed by atoms with E-state index in [9.17, 15) is 40.6 Å². The molecular formula is C32H34F7N3O2. The molecule has 44 heavy (non-hydrogen) atoms. The molecule has 1 unspecified atom stereocenters. The number of rotatable bonds is 6. The van der Waals surface area contributed by atoms with Crippen molar-refractivity contribution in [3.8, 4) is 11.1 Å². The molecule has 0 bridgehead atoms. The third-order valence-corrected chi connectivity index (χ3v) is 8.22. The van der Waals surface area contributed by atoms with Crippen LogP contribution in [0.25, 0.3) is 11.1 Å². The molecule has 5 nitrogen and oxygen atoms in total. The molecule has 1 aromatic heterocycles. The summed E-state index contributed by atoms with van der Waals surface area (Å²) in [6, 6.07) is 6.64. The standard InChI is InChI=1S/C32H34F7N3O2/c1-18-12-22(33)9-10-23(18)24-16-27(42-11-7-8-26(42)30(4,5)44)40-17-25(24)41(6)28(43)29(2,3)19-13-20(31(34,35)36)15-21(14-19)32(37,38)39/h9-10,12-17,26,44H,7-8,11H2,1-6H3. The minimum Gasteiger partial charge on any atom is -0.388 e. The number of anilines is 2. The first kappa shape index (κ1) is 33.2. The van der Waals surface area contributed by atoms with E-state index in [1.165, 1.54) is 45.3 Å². The van der Waals surface area contributed by atoms with Crippen LogP contribution in [0.3, 0.4) is 0 Å². The van der Waals surface area contributed by atoms with Crippen LogP contribution in [0, 0.1) is 12.7 Å². The molecule has 238 valence electrons. The van der Waals surface area contributed by atoms with Crippen LogP contribution in [0.4, 0.5) is 42.2 Å². The van der Waals surface area contributed by atoms with Crippen molar-refractivity contribution in [3.05, 3.63) is 76.7 Å². The Bertz CT molecular complexity index is 1530. The number of carbonyl (C=O) groups is 1. The average molecular weight is 626 g/mol. The second kappa shape index (κ2) is 11.4. The van der Waals surface area contributed by atoms with Gasteiger partial charge >= 0.3 is 12.4 Å². The van der Waals surface area contributed by atoms with Crippen LogP contribution >= 0.6 is 0 Å². The first-order valence-corrected chi connectivity index (χ1v) is 14.0. The van der Waals surface area contributed by atoms with Crippen molar-refractivity contribution >= 4 is 17.4 Å². The van der Waals surface area contributed by atoms with E-state index in [1.54, 1.807) is 26.8 Å². The molecule has 12 heteroatoms. The van der Waals surface area contributed by atoms with Gasteiger partial charge in [-0.2, -0.15) is 26.3 Å². The number of halogens is 7. The number of alkyl halides is 6. The highest BCUT2D eigenvalue weighted by Crippen LogP contribution is 2.42. The fourth-order valence-electron chi connectivity index (χ4n) is 5.75. The number of hydrogen-bond acceptors (Lipinski definition) is 4. The van der Waals surface area contributed by atoms with Gasteiger partial charge in [0, 0.05) is 19.2 Å². The van der Waals surface area contributed by atoms with Crippen molar-refractivity contribution in [2.45, 2.75) is 76.9 Å². The molecule has 3 aromatic rings. The van der Waals surface area contributed by atoms with E-state index in [2.05, 4.69) is 4.98 Å². The molecule has 1 N–H and O–H groups in total. The average Bonchev–Trinajstić information content (AvgIpc) is 3.42. The number of amides is 1. The maximum Gasteiger partial charge on any atom is 0.416 e. The van der Waals surface area contributed by atoms with Crippen LogP contribution in [0.5, 0.6) is 0 Å². The SMILES string of the molecule is Cc1cc(F)ccc1-c1cc(N2CCCC2C(C)(C)O)ncc1N(C)C(=O)C(C)(C)c1cc(C(F)(F)F)cc(C(F)(F)F)c1. The third-order valence-electron chi connectivity index (χ3n) is 8.22. The highest BCUT2D eigenvalue weighted by Gasteiger charge is 2.42. The van der Waals surface area contributed by atoms with Crippen LogP contribution < -0.4 is 9.80 Å². The minimum atomic E-state index is -5.08. The van der Waals surface area contributed by atoms with E-state index < -0.39 is 51.8 Å². The number of aliphatic hydroxyl groups is 1. The molecule has 0 radical (unpaired) electrons. The zero-order valence-corrected chi connectivity index (χ0v) is 25.2. The Hall–Kier alpha value is -3.67. The van der Waals surface area contributed by atoms with Crippen molar-refractivity contribution in [3.63, 3.8) is 0 Å². The molecule has 0 saturated carbocycles. The molecule has 1 atom stereocenters. The lowest BCUT2D eigenvalue weighted by Gasteiger charge is -2.35. The number of benzene rings is 2. The number of aryl methyl sites for hydroxylation is 1. The van der Waals surface area contributed by atoms with Crippen LogP contribution in [-0.2, 0) is 22.6 Å². The predicted octanol–water partition coefficient (Wildman–Crippen LogP) is 7.91. The number of pyridine rings is 1. The molecule has 2 aromatic carbocycles. The van der Waals surface area contributed by atoms with Crippen molar-refractivity contribution in [1.82, 2.24) is 4.98 Å². The van der Waals surface area contributed by atoms with Gasteiger partial charge in [-0.1, -0.05) is 6.07 Å². The van der Waals surface area contributed by atoms with Gasteiger partial charge in [-0.3, -0.25) is 4.79 Å². The summed E-state index contributed by atoms with van der Waals surface area (Å²) in [6.45, 7) is 8.17. The maximum atomic E-state index is 14.1. The Labute approximate surface area is 251 Å². The quantitative estimate of drug-likeness (QED) is 0.283. The number of nitrogens with zero attached hydrogens (tertiary/aromatic N) is 3. The van der Waals surface area contributed by atoms with Gasteiger partial charge in [0.1, 0.15) is 11.6 Å². The van der Waals surface area contributed by atoms with Crippen molar-refractivity contribution in [2.24, 2.45) is 0 Å². The molecule has 4 rings (SSSR count). The summed E-state index contributed by atoms with van der Waals surface area (Å²) >= 11 is 0. The maximum absolute atomic E-state index is 14.1. The molecule has 0 aliphatic carbocycles. The largest absolute Gasteiger partial charge is 0.416 e. The molecule has 0 spiro atoms. The van der Waals surface area contributed by atoms with Gasteiger partial charge in [0.15, 0.2) is 0 Å². The fourth-order valence-corrected chi connectivity index (χ4v) is 5.75. The normalized spacial score (nSPS) is 16.4. The summed E-state index contributed by atoms with van der Waals surface area (Å²) in [6.07, 6.45) is -7.25. The molecule has 2 heterocycles. The van der Waals surface area contributed by atoms with E-state index in [0.29, 0.717) is 47.6 Å². The lowest BCUT2D eigenvalue weighted by molar-refractivity contribution is -0.143. The van der Waals surface area contributed by atoms with Crippen LogP contribution in [0.1, 0.15) is 62.8 Å². The van der Waals surface area contributed by atoms with Gasteiger partial charge in [-0.15, -0.1) is 0 Å². The summed E-state index contributed by atoms with van der Waals surface area (Å²) < 4.78 is 95.7. The summed E-state index contributed by atoms with van der Waals surface area (Å²) in [4.78, 5) is 21.6. The summed E-state index contributed by atoms with van der Waals surface area (Å²) in [5.41, 5.74) is -4.69. The summed E-state index contributed by atoms with van der Waals surface area (Å²) in [5.74, 6) is -0.791.